The summed E-state index contributed by atoms with van der Waals surface area (Å²) in [7, 11) is 0. The molecule has 0 heterocycles. The van der Waals surface area contributed by atoms with E-state index in [1.807, 2.05) is 0 Å². The van der Waals surface area contributed by atoms with Crippen LogP contribution in [0.2, 0.25) is 0 Å². The van der Waals surface area contributed by atoms with Crippen LogP contribution in [0, 0.1) is 0 Å². The van der Waals surface area contributed by atoms with Crippen LogP contribution in [0.1, 0.15) is 0 Å². The second-order valence-electron chi connectivity index (χ2n) is 1.25. The Morgan fingerprint density at radius 1 is 0.391 bits per heavy atom. The van der Waals surface area contributed by atoms with Crippen LogP contribution >= 0.6 is 0 Å². The van der Waals surface area contributed by atoms with Gasteiger partial charge in [0, 0.05) is 0 Å². The summed E-state index contributed by atoms with van der Waals surface area (Å²) in [4.78, 5) is 0. The molecule has 0 N–H and O–H groups in total. The summed E-state index contributed by atoms with van der Waals surface area (Å²) in [6.45, 7) is 0. The fraction of sp³-hybridized carbons (Fsp3) is 0. The third-order valence-corrected chi connectivity index (χ3v) is 0. The topological polar surface area (TPSA) is 316 Å². The molecule has 2 radical (unpaired) electrons. The summed E-state index contributed by atoms with van der Waals surface area (Å²) in [5.74, 6) is 0. The predicted molar refractivity (Wildman–Crippen MR) is 14.9 cm³/mol. The molecule has 0 saturated carbocycles. The second kappa shape index (κ2) is 45.8. The number of hydrogen-bond acceptors (Lipinski definition) is 15. The van der Waals surface area contributed by atoms with Crippen molar-refractivity contribution in [2.45, 2.75) is 0 Å². The van der Waals surface area contributed by atoms with Crippen LogP contribution in [0.25, 0.3) is 0 Å². The zero-order valence-corrected chi connectivity index (χ0v) is 27.2. The van der Waals surface area contributed by atoms with Crippen LogP contribution in [0.15, 0.2) is 0 Å². The van der Waals surface area contributed by atoms with Crippen LogP contribution in [-0.4, -0.2) is 71.7 Å². The van der Waals surface area contributed by atoms with Crippen molar-refractivity contribution < 1.29 is 169 Å². The Labute approximate surface area is 235 Å². The molecule has 0 spiro atoms. The van der Waals surface area contributed by atoms with Gasteiger partial charge in [0.15, 0.2) is 0 Å². The fourth-order valence-corrected chi connectivity index (χ4v) is 0. The van der Waals surface area contributed by atoms with E-state index >= 15 is 0 Å². The largest absolute Gasteiger partial charge is 2.00 e. The van der Waals surface area contributed by atoms with Crippen molar-refractivity contribution in [2.75, 3.05) is 0 Å². The Balaban J connectivity index is -0.0000000197. The molecule has 0 atom stereocenters. The molecular formula is BiNbO15SrTi5. The quantitative estimate of drug-likeness (QED) is 0.204. The maximum absolute atomic E-state index is 8.58. The van der Waals surface area contributed by atoms with Gasteiger partial charge in [0.25, 0.3) is 0 Å². The van der Waals surface area contributed by atoms with Gasteiger partial charge in [-0.05, 0) is 0 Å². The summed E-state index contributed by atoms with van der Waals surface area (Å²) in [5.41, 5.74) is 0. The molecule has 0 amide bonds. The zero-order chi connectivity index (χ0) is 17.9. The van der Waals surface area contributed by atoms with Crippen molar-refractivity contribution in [1.82, 2.24) is 0 Å². The van der Waals surface area contributed by atoms with Crippen molar-refractivity contribution in [3.63, 3.8) is 0 Å². The number of rotatable bonds is 0. The molecule has 0 fully saturated rings. The van der Waals surface area contributed by atoms with Gasteiger partial charge in [-0.2, -0.15) is 0 Å². The minimum atomic E-state index is -4.08. The maximum atomic E-state index is 8.58. The van der Waals surface area contributed by atoms with E-state index in [4.69, 9.17) is 53.5 Å². The molecule has 0 bridgehead atoms. The summed E-state index contributed by atoms with van der Waals surface area (Å²) in [6.07, 6.45) is 0. The van der Waals surface area contributed by atoms with E-state index in [0.29, 0.717) is 0 Å². The normalized spacial score (nSPS) is 5.65. The summed E-state index contributed by atoms with van der Waals surface area (Å²) in [6, 6.07) is 0. The van der Waals surface area contributed by atoms with E-state index in [0.717, 1.165) is 0 Å². The van der Waals surface area contributed by atoms with Gasteiger partial charge in [0.2, 0.25) is 0 Å². The first-order valence-corrected chi connectivity index (χ1v) is 12.6. The molecule has 0 saturated heterocycles. The predicted octanol–water partition coefficient (Wildman–Crippen LogP) is -13.3. The Morgan fingerprint density at radius 2 is 0.391 bits per heavy atom. The molecule has 0 aromatic heterocycles. The van der Waals surface area contributed by atoms with E-state index in [1.54, 1.807) is 0 Å². The molecule has 0 aromatic rings. The Bertz CT molecular complexity index is 219. The number of hydrogen-bond donors (Lipinski definition) is 0. The van der Waals surface area contributed by atoms with E-state index in [2.05, 4.69) is 0 Å². The van der Waals surface area contributed by atoms with Gasteiger partial charge >= 0.3 is 241 Å². The first kappa shape index (κ1) is 51.2. The average Bonchev–Trinajstić information content (AvgIpc) is 1.94. The molecule has 0 aliphatic carbocycles. The van der Waals surface area contributed by atoms with Crippen LogP contribution in [0.5, 0.6) is 0 Å². The van der Waals surface area contributed by atoms with Gasteiger partial charge in [-0.25, -0.2) is 0 Å². The van der Waals surface area contributed by atoms with Crippen molar-refractivity contribution >= 4 is 71.7 Å². The average molecular weight is 869 g/mol. The van der Waals surface area contributed by atoms with Crippen molar-refractivity contribution in [3.05, 3.63) is 0 Å². The molecule has 0 aliphatic heterocycles. The smallest absolute Gasteiger partial charge is 2.00 e. The molecule has 122 valence electrons. The molecule has 15 nitrogen and oxygen atoms in total. The minimum absolute atomic E-state index is 0. The molecule has 23 heteroatoms. The van der Waals surface area contributed by atoms with E-state index < -0.39 is 93.1 Å². The Morgan fingerprint density at radius 3 is 0.391 bits per heavy atom. The minimum Gasteiger partial charge on any atom is 2.00 e. The Hall–Kier alpha value is 5.28. The van der Waals surface area contributed by atoms with E-state index in [9.17, 15) is 0 Å². The molecular weight excluding hydrogens is 869 g/mol. The van der Waals surface area contributed by atoms with Crippen molar-refractivity contribution in [1.29, 1.82) is 0 Å². The maximum Gasteiger partial charge on any atom is 2.00 e. The third kappa shape index (κ3) is 626. The SMILES string of the molecule is [Bi+3].[Nb+5].[O]=[Ti]([O-])[O-].[O]=[Ti]([O-])[O-].[O]=[Ti]([O-])[O-].[O]=[Ti]([O-])[O-].[O]=[Ti]([O-])[O-].[Sr+2]. The monoisotopic (exact) mass is 869 g/mol. The zero-order valence-electron chi connectivity index (χ0n) is 10.2. The third-order valence-electron chi connectivity index (χ3n) is 0. The molecule has 0 unspecified atom stereocenters. The van der Waals surface area contributed by atoms with Gasteiger partial charge in [0.1, 0.15) is 0 Å². The standard InChI is InChI=1S/Bi.Nb.15O.Sr.5Ti/q+3;+5;;;;;;10*-1;+2;;;;;. The Kier molecular flexibility index (Phi) is 102. The fourth-order valence-electron chi connectivity index (χ4n) is 0. The summed E-state index contributed by atoms with van der Waals surface area (Å²) < 4.78 is 129. The van der Waals surface area contributed by atoms with Gasteiger partial charge in [-0.3, -0.25) is 0 Å². The first-order chi connectivity index (χ1) is 8.66. The van der Waals surface area contributed by atoms with Crippen LogP contribution in [-0.2, 0) is 132 Å². The molecule has 0 aromatic carbocycles. The van der Waals surface area contributed by atoms with Crippen LogP contribution in [0.3, 0.4) is 0 Å². The van der Waals surface area contributed by atoms with Gasteiger partial charge in [-0.15, -0.1) is 0 Å². The van der Waals surface area contributed by atoms with E-state index in [-0.39, 0.29) is 94.1 Å². The van der Waals surface area contributed by atoms with Gasteiger partial charge < -0.3 is 0 Å². The molecule has 0 aliphatic rings. The van der Waals surface area contributed by atoms with Crippen molar-refractivity contribution in [2.24, 2.45) is 0 Å². The van der Waals surface area contributed by atoms with Gasteiger partial charge in [0.05, 0.1) is 0 Å². The molecule has 23 heavy (non-hydrogen) atoms. The second-order valence-corrected chi connectivity index (χ2v) is 5.15. The van der Waals surface area contributed by atoms with Crippen LogP contribution in [0.4, 0.5) is 0 Å². The van der Waals surface area contributed by atoms with Crippen LogP contribution < -0.4 is 36.9 Å². The van der Waals surface area contributed by atoms with E-state index in [1.165, 1.54) is 0 Å². The van der Waals surface area contributed by atoms with Crippen molar-refractivity contribution in [3.8, 4) is 0 Å². The molecule has 0 rings (SSSR count). The summed E-state index contributed by atoms with van der Waals surface area (Å²) >= 11 is -20.4. The van der Waals surface area contributed by atoms with Gasteiger partial charge in [-0.1, -0.05) is 0 Å². The first-order valence-electron chi connectivity index (χ1n) is 3.06. The summed E-state index contributed by atoms with van der Waals surface area (Å²) in [5, 5.41) is 0.